The van der Waals surface area contributed by atoms with Crippen molar-refractivity contribution in [2.45, 2.75) is 244 Å². The van der Waals surface area contributed by atoms with Crippen molar-refractivity contribution in [2.24, 2.45) is 0 Å². The number of aliphatic hydroxyl groups excluding tert-OH is 1. The Balaban J connectivity index is 3.88. The van der Waals surface area contributed by atoms with Gasteiger partial charge in [-0.2, -0.15) is 8.42 Å². The summed E-state index contributed by atoms with van der Waals surface area (Å²) in [5, 5.41) is 13.3. The molecule has 342 valence electrons. The van der Waals surface area contributed by atoms with Gasteiger partial charge >= 0.3 is 0 Å². The lowest BCUT2D eigenvalue weighted by atomic mass is 10.0. The topological polar surface area (TPSA) is 104 Å². The minimum Gasteiger partial charge on any atom is -0.387 e. The number of hydrogen-bond donors (Lipinski definition) is 3. The number of allylic oxidation sites excluding steroid dienone is 11. The Bertz CT molecular complexity index is 1200. The Labute approximate surface area is 365 Å². The zero-order chi connectivity index (χ0) is 43.2. The standard InChI is InChI=1S/C52H93NO5S/c1-3-5-7-9-11-13-15-17-19-21-23-25-26-28-30-32-34-36-38-40-42-44-46-48-52(55)53-50(49-59(56,57)58)51(54)47-45-43-41-39-37-35-33-31-29-27-24-22-20-18-16-14-12-10-8-6-4-2/h5,7,11,13,17,19,23,25,37,39,45,47,50-51,54H,3-4,6,8-10,12,14-16,18,20-22,24,26-36,38,40-44,46,48-49H2,1-2H3,(H,53,55)(H,56,57,58)/b7-5-,13-11-,19-17-,25-23-,39-37+,47-45+. The van der Waals surface area contributed by atoms with Gasteiger partial charge in [0, 0.05) is 6.42 Å². The Morgan fingerprint density at radius 3 is 1.27 bits per heavy atom. The van der Waals surface area contributed by atoms with Crippen molar-refractivity contribution in [3.63, 3.8) is 0 Å². The molecule has 0 bridgehead atoms. The van der Waals surface area contributed by atoms with E-state index in [4.69, 9.17) is 0 Å². The first-order valence-electron chi connectivity index (χ1n) is 24.6. The molecule has 7 heteroatoms. The highest BCUT2D eigenvalue weighted by Gasteiger charge is 2.24. The summed E-state index contributed by atoms with van der Waals surface area (Å²) in [6, 6.07) is -1.08. The van der Waals surface area contributed by atoms with Crippen LogP contribution in [0.3, 0.4) is 0 Å². The third-order valence-electron chi connectivity index (χ3n) is 10.9. The minimum atomic E-state index is -4.36. The molecule has 0 fully saturated rings. The quantitative estimate of drug-likeness (QED) is 0.0322. The molecule has 0 aromatic carbocycles. The third-order valence-corrected chi connectivity index (χ3v) is 11.6. The molecule has 0 saturated carbocycles. The molecule has 0 heterocycles. The van der Waals surface area contributed by atoms with Gasteiger partial charge in [0.2, 0.25) is 5.91 Å². The van der Waals surface area contributed by atoms with Crippen LogP contribution < -0.4 is 5.32 Å². The summed E-state index contributed by atoms with van der Waals surface area (Å²) in [5.74, 6) is -1.01. The van der Waals surface area contributed by atoms with Gasteiger partial charge in [-0.3, -0.25) is 9.35 Å². The highest BCUT2D eigenvalue weighted by atomic mass is 32.2. The van der Waals surface area contributed by atoms with Crippen molar-refractivity contribution in [2.75, 3.05) is 5.75 Å². The Hall–Kier alpha value is -2.22. The maximum atomic E-state index is 12.6. The van der Waals surface area contributed by atoms with Crippen molar-refractivity contribution in [1.82, 2.24) is 5.32 Å². The maximum Gasteiger partial charge on any atom is 0.267 e. The van der Waals surface area contributed by atoms with Crippen molar-refractivity contribution >= 4 is 16.0 Å². The molecule has 1 amide bonds. The molecular weight excluding hydrogens is 751 g/mol. The first-order valence-corrected chi connectivity index (χ1v) is 26.2. The lowest BCUT2D eigenvalue weighted by molar-refractivity contribution is -0.122. The number of nitrogens with one attached hydrogen (secondary N) is 1. The lowest BCUT2D eigenvalue weighted by Crippen LogP contribution is -2.46. The van der Waals surface area contributed by atoms with Crippen LogP contribution in [0.5, 0.6) is 0 Å². The monoisotopic (exact) mass is 844 g/mol. The van der Waals surface area contributed by atoms with Crippen molar-refractivity contribution < 1.29 is 22.9 Å². The van der Waals surface area contributed by atoms with Gasteiger partial charge in [0.05, 0.1) is 17.9 Å². The predicted octanol–water partition coefficient (Wildman–Crippen LogP) is 15.4. The fourth-order valence-corrected chi connectivity index (χ4v) is 7.96. The van der Waals surface area contributed by atoms with Crippen LogP contribution in [0.15, 0.2) is 72.9 Å². The number of carbonyl (C=O) groups is 1. The first-order chi connectivity index (χ1) is 28.8. The summed E-state index contributed by atoms with van der Waals surface area (Å²) >= 11 is 0. The fraction of sp³-hybridized carbons (Fsp3) is 0.750. The molecule has 0 saturated heterocycles. The summed E-state index contributed by atoms with van der Waals surface area (Å²) < 4.78 is 32.7. The highest BCUT2D eigenvalue weighted by molar-refractivity contribution is 7.85. The smallest absolute Gasteiger partial charge is 0.267 e. The van der Waals surface area contributed by atoms with Crippen LogP contribution in [-0.4, -0.2) is 41.9 Å². The van der Waals surface area contributed by atoms with E-state index < -0.39 is 28.0 Å². The van der Waals surface area contributed by atoms with Gasteiger partial charge in [-0.05, 0) is 70.6 Å². The second-order valence-electron chi connectivity index (χ2n) is 16.7. The van der Waals surface area contributed by atoms with Crippen LogP contribution in [0.1, 0.15) is 232 Å². The highest BCUT2D eigenvalue weighted by Crippen LogP contribution is 2.15. The van der Waals surface area contributed by atoms with Gasteiger partial charge in [-0.15, -0.1) is 0 Å². The van der Waals surface area contributed by atoms with Crippen molar-refractivity contribution in [3.8, 4) is 0 Å². The van der Waals surface area contributed by atoms with Crippen LogP contribution in [0.4, 0.5) is 0 Å². The minimum absolute atomic E-state index is 0.280. The van der Waals surface area contributed by atoms with E-state index in [0.29, 0.717) is 6.42 Å². The second-order valence-corrected chi connectivity index (χ2v) is 18.2. The van der Waals surface area contributed by atoms with E-state index in [1.807, 2.05) is 6.08 Å². The molecule has 3 N–H and O–H groups in total. The van der Waals surface area contributed by atoms with Gasteiger partial charge in [0.1, 0.15) is 0 Å². The largest absolute Gasteiger partial charge is 0.387 e. The normalized spacial score (nSPS) is 13.8. The molecule has 0 aromatic rings. The molecule has 0 radical (unpaired) electrons. The van der Waals surface area contributed by atoms with E-state index in [1.165, 1.54) is 141 Å². The van der Waals surface area contributed by atoms with Gasteiger partial charge in [-0.25, -0.2) is 0 Å². The number of hydrogen-bond acceptors (Lipinski definition) is 4. The van der Waals surface area contributed by atoms with E-state index >= 15 is 0 Å². The SMILES string of the molecule is CC/C=C\C/C=C\C/C=C\C/C=C\CCCCCCCCCCCCC(=O)NC(CS(=O)(=O)O)C(O)/C=C/CC/C=C/CCCCCCCCCCCCCCCCC. The molecular formula is C52H93NO5S. The third kappa shape index (κ3) is 46.7. The number of aliphatic hydroxyl groups is 1. The van der Waals surface area contributed by atoms with Crippen molar-refractivity contribution in [1.29, 1.82) is 0 Å². The maximum absolute atomic E-state index is 12.6. The molecule has 59 heavy (non-hydrogen) atoms. The van der Waals surface area contributed by atoms with E-state index in [1.54, 1.807) is 0 Å². The first kappa shape index (κ1) is 56.8. The van der Waals surface area contributed by atoms with Gasteiger partial charge in [-0.1, -0.05) is 228 Å². The lowest BCUT2D eigenvalue weighted by Gasteiger charge is -2.21. The summed E-state index contributed by atoms with van der Waals surface area (Å²) in [6.07, 6.45) is 64.7. The molecule has 0 spiro atoms. The molecule has 2 unspecified atom stereocenters. The van der Waals surface area contributed by atoms with Gasteiger partial charge in [0.15, 0.2) is 0 Å². The average Bonchev–Trinajstić information content (AvgIpc) is 3.20. The van der Waals surface area contributed by atoms with E-state index in [2.05, 4.69) is 79.9 Å². The zero-order valence-corrected chi connectivity index (χ0v) is 39.2. The van der Waals surface area contributed by atoms with Gasteiger partial charge in [0.25, 0.3) is 10.1 Å². The molecule has 0 aliphatic heterocycles. The summed E-state index contributed by atoms with van der Waals surface area (Å²) in [6.45, 7) is 4.43. The van der Waals surface area contributed by atoms with Crippen LogP contribution in [-0.2, 0) is 14.9 Å². The molecule has 0 rings (SSSR count). The Kier molecular flexibility index (Phi) is 43.6. The summed E-state index contributed by atoms with van der Waals surface area (Å²) in [5.41, 5.74) is 0. The van der Waals surface area contributed by atoms with E-state index in [-0.39, 0.29) is 12.3 Å². The van der Waals surface area contributed by atoms with E-state index in [9.17, 15) is 22.9 Å². The Morgan fingerprint density at radius 1 is 0.475 bits per heavy atom. The van der Waals surface area contributed by atoms with E-state index in [0.717, 1.165) is 70.6 Å². The molecule has 0 aromatic heterocycles. The fourth-order valence-electron chi connectivity index (χ4n) is 7.22. The molecule has 0 aliphatic rings. The summed E-state index contributed by atoms with van der Waals surface area (Å²) in [4.78, 5) is 12.6. The molecule has 0 aliphatic carbocycles. The number of rotatable bonds is 44. The summed E-state index contributed by atoms with van der Waals surface area (Å²) in [7, 11) is -4.36. The van der Waals surface area contributed by atoms with Crippen molar-refractivity contribution in [3.05, 3.63) is 72.9 Å². The zero-order valence-electron chi connectivity index (χ0n) is 38.4. The molecule has 6 nitrogen and oxygen atoms in total. The van der Waals surface area contributed by atoms with Gasteiger partial charge < -0.3 is 10.4 Å². The molecule has 2 atom stereocenters. The number of unbranched alkanes of at least 4 members (excludes halogenated alkanes) is 26. The van der Waals surface area contributed by atoms with Crippen LogP contribution >= 0.6 is 0 Å². The van der Waals surface area contributed by atoms with Crippen LogP contribution in [0.2, 0.25) is 0 Å². The second kappa shape index (κ2) is 45.3. The average molecular weight is 844 g/mol. The number of carbonyl (C=O) groups excluding carboxylic acids is 1. The predicted molar refractivity (Wildman–Crippen MR) is 258 cm³/mol. The van der Waals surface area contributed by atoms with Crippen LogP contribution in [0, 0.1) is 0 Å². The number of amides is 1. The Morgan fingerprint density at radius 2 is 0.831 bits per heavy atom. The van der Waals surface area contributed by atoms with Crippen LogP contribution in [0.25, 0.3) is 0 Å².